The number of carbonyl (C=O) groups excluding carboxylic acids is 2. The fourth-order valence-electron chi connectivity index (χ4n) is 3.11. The third-order valence-corrected chi connectivity index (χ3v) is 5.06. The van der Waals surface area contributed by atoms with Crippen molar-refractivity contribution < 1.29 is 18.7 Å². The zero-order chi connectivity index (χ0) is 22.5. The Labute approximate surface area is 189 Å². The van der Waals surface area contributed by atoms with E-state index in [1.165, 1.54) is 0 Å². The molecule has 0 atom stereocenters. The number of furan rings is 1. The van der Waals surface area contributed by atoms with Gasteiger partial charge in [-0.1, -0.05) is 35.9 Å². The molecule has 2 amide bonds. The van der Waals surface area contributed by atoms with Crippen LogP contribution in [-0.4, -0.2) is 18.9 Å². The summed E-state index contributed by atoms with van der Waals surface area (Å²) in [6, 6.07) is 24.2. The number of rotatable bonds is 6. The molecule has 1 aromatic heterocycles. The number of benzene rings is 3. The third kappa shape index (κ3) is 4.66. The second-order valence-electron chi connectivity index (χ2n) is 6.83. The Morgan fingerprint density at radius 1 is 0.812 bits per heavy atom. The number of hydrogen-bond acceptors (Lipinski definition) is 4. The van der Waals surface area contributed by atoms with E-state index in [2.05, 4.69) is 10.6 Å². The highest BCUT2D eigenvalue weighted by Gasteiger charge is 2.15. The molecule has 4 aromatic rings. The molecule has 0 aliphatic carbocycles. The van der Waals surface area contributed by atoms with Gasteiger partial charge in [0.2, 0.25) is 0 Å². The smallest absolute Gasteiger partial charge is 0.291 e. The van der Waals surface area contributed by atoms with Crippen LogP contribution in [0.3, 0.4) is 0 Å². The second-order valence-corrected chi connectivity index (χ2v) is 7.24. The zero-order valence-electron chi connectivity index (χ0n) is 17.1. The lowest BCUT2D eigenvalue weighted by Gasteiger charge is -2.10. The van der Waals surface area contributed by atoms with Crippen molar-refractivity contribution in [2.24, 2.45) is 0 Å². The van der Waals surface area contributed by atoms with Gasteiger partial charge in [0.1, 0.15) is 11.5 Å². The maximum atomic E-state index is 12.5. The standard InChI is InChI=1S/C25H19ClN2O4/c1-31-22-9-5-4-8-20(22)28-24(29)16-10-12-17(13-11-16)27-25(30)23-15-14-21(32-23)18-6-2-3-7-19(18)26/h2-15H,1H3,(H,27,30)(H,28,29). The molecule has 160 valence electrons. The van der Waals surface area contributed by atoms with Gasteiger partial charge in [-0.3, -0.25) is 9.59 Å². The first kappa shape index (κ1) is 21.2. The van der Waals surface area contributed by atoms with E-state index < -0.39 is 5.91 Å². The maximum absolute atomic E-state index is 12.5. The van der Waals surface area contributed by atoms with Crippen molar-refractivity contribution in [1.82, 2.24) is 0 Å². The van der Waals surface area contributed by atoms with Gasteiger partial charge in [0, 0.05) is 16.8 Å². The Balaban J connectivity index is 1.42. The van der Waals surface area contributed by atoms with Gasteiger partial charge in [0.15, 0.2) is 5.76 Å². The number of nitrogens with one attached hydrogen (secondary N) is 2. The number of anilines is 2. The number of methoxy groups -OCH3 is 1. The van der Waals surface area contributed by atoms with Crippen LogP contribution in [0.2, 0.25) is 5.02 Å². The van der Waals surface area contributed by atoms with Gasteiger partial charge in [-0.25, -0.2) is 0 Å². The van der Waals surface area contributed by atoms with Crippen molar-refractivity contribution in [3.8, 4) is 17.1 Å². The molecule has 1 heterocycles. The van der Waals surface area contributed by atoms with Crippen molar-refractivity contribution in [1.29, 1.82) is 0 Å². The first-order valence-electron chi connectivity index (χ1n) is 9.75. The predicted octanol–water partition coefficient (Wildman–Crippen LogP) is 6.11. The van der Waals surface area contributed by atoms with E-state index in [0.717, 1.165) is 0 Å². The topological polar surface area (TPSA) is 80.6 Å². The molecule has 4 rings (SSSR count). The summed E-state index contributed by atoms with van der Waals surface area (Å²) in [4.78, 5) is 25.1. The molecular formula is C25H19ClN2O4. The first-order valence-corrected chi connectivity index (χ1v) is 10.1. The molecule has 0 aliphatic heterocycles. The molecule has 0 spiro atoms. The number of hydrogen-bond donors (Lipinski definition) is 2. The molecule has 0 saturated heterocycles. The van der Waals surface area contributed by atoms with Gasteiger partial charge in [0.25, 0.3) is 11.8 Å². The van der Waals surface area contributed by atoms with Crippen molar-refractivity contribution in [3.63, 3.8) is 0 Å². The molecule has 0 unspecified atom stereocenters. The SMILES string of the molecule is COc1ccccc1NC(=O)c1ccc(NC(=O)c2ccc(-c3ccccc3Cl)o2)cc1. The van der Waals surface area contributed by atoms with E-state index in [1.54, 1.807) is 61.7 Å². The zero-order valence-corrected chi connectivity index (χ0v) is 17.8. The van der Waals surface area contributed by atoms with E-state index in [1.807, 2.05) is 30.3 Å². The molecule has 0 radical (unpaired) electrons. The number of amides is 2. The van der Waals surface area contributed by atoms with Crippen molar-refractivity contribution >= 4 is 34.8 Å². The monoisotopic (exact) mass is 446 g/mol. The Hall–Kier alpha value is -4.03. The van der Waals surface area contributed by atoms with Crippen LogP contribution in [0, 0.1) is 0 Å². The van der Waals surface area contributed by atoms with Crippen LogP contribution >= 0.6 is 11.6 Å². The van der Waals surface area contributed by atoms with E-state index in [9.17, 15) is 9.59 Å². The van der Waals surface area contributed by atoms with Gasteiger partial charge < -0.3 is 19.8 Å². The molecular weight excluding hydrogens is 428 g/mol. The fourth-order valence-corrected chi connectivity index (χ4v) is 3.33. The fraction of sp³-hybridized carbons (Fsp3) is 0.0400. The number of para-hydroxylation sites is 2. The van der Waals surface area contributed by atoms with Crippen LogP contribution in [0.15, 0.2) is 89.3 Å². The van der Waals surface area contributed by atoms with Crippen LogP contribution in [0.1, 0.15) is 20.9 Å². The average molecular weight is 447 g/mol. The lowest BCUT2D eigenvalue weighted by atomic mass is 10.2. The molecule has 32 heavy (non-hydrogen) atoms. The molecule has 2 N–H and O–H groups in total. The van der Waals surface area contributed by atoms with Crippen LogP contribution in [0.4, 0.5) is 11.4 Å². The summed E-state index contributed by atoms with van der Waals surface area (Å²) < 4.78 is 10.9. The summed E-state index contributed by atoms with van der Waals surface area (Å²) in [6.45, 7) is 0. The largest absolute Gasteiger partial charge is 0.495 e. The Morgan fingerprint density at radius 3 is 2.28 bits per heavy atom. The maximum Gasteiger partial charge on any atom is 0.291 e. The van der Waals surface area contributed by atoms with Crippen molar-refractivity contribution in [2.45, 2.75) is 0 Å². The lowest BCUT2D eigenvalue weighted by molar-refractivity contribution is 0.0996. The summed E-state index contributed by atoms with van der Waals surface area (Å²) in [6.07, 6.45) is 0. The van der Waals surface area contributed by atoms with Gasteiger partial charge in [-0.15, -0.1) is 0 Å². The first-order chi connectivity index (χ1) is 15.5. The van der Waals surface area contributed by atoms with Crippen LogP contribution in [-0.2, 0) is 0 Å². The lowest BCUT2D eigenvalue weighted by Crippen LogP contribution is -2.13. The summed E-state index contributed by atoms with van der Waals surface area (Å²) in [5.41, 5.74) is 2.25. The Morgan fingerprint density at radius 2 is 1.53 bits per heavy atom. The molecule has 0 fully saturated rings. The van der Waals surface area contributed by atoms with E-state index in [-0.39, 0.29) is 11.7 Å². The summed E-state index contributed by atoms with van der Waals surface area (Å²) in [5.74, 6) is 0.527. The highest BCUT2D eigenvalue weighted by atomic mass is 35.5. The van der Waals surface area contributed by atoms with Gasteiger partial charge >= 0.3 is 0 Å². The molecule has 0 saturated carbocycles. The Kier molecular flexibility index (Phi) is 6.24. The third-order valence-electron chi connectivity index (χ3n) is 4.73. The van der Waals surface area contributed by atoms with Gasteiger partial charge in [0.05, 0.1) is 17.8 Å². The van der Waals surface area contributed by atoms with Crippen LogP contribution < -0.4 is 15.4 Å². The van der Waals surface area contributed by atoms with E-state index in [0.29, 0.717) is 39.0 Å². The molecule has 7 heteroatoms. The minimum absolute atomic E-state index is 0.151. The van der Waals surface area contributed by atoms with E-state index in [4.69, 9.17) is 20.8 Å². The average Bonchev–Trinajstić information content (AvgIpc) is 3.30. The van der Waals surface area contributed by atoms with Crippen molar-refractivity contribution in [3.05, 3.63) is 101 Å². The molecule has 0 bridgehead atoms. The highest BCUT2D eigenvalue weighted by Crippen LogP contribution is 2.29. The Bertz CT molecular complexity index is 1260. The van der Waals surface area contributed by atoms with Crippen LogP contribution in [0.25, 0.3) is 11.3 Å². The van der Waals surface area contributed by atoms with Gasteiger partial charge in [-0.2, -0.15) is 0 Å². The summed E-state index contributed by atoms with van der Waals surface area (Å²) in [5, 5.41) is 6.10. The summed E-state index contributed by atoms with van der Waals surface area (Å²) in [7, 11) is 1.54. The molecule has 6 nitrogen and oxygen atoms in total. The second kappa shape index (κ2) is 9.41. The highest BCUT2D eigenvalue weighted by molar-refractivity contribution is 6.33. The quantitative estimate of drug-likeness (QED) is 0.374. The number of ether oxygens (including phenoxy) is 1. The number of carbonyl (C=O) groups is 2. The minimum Gasteiger partial charge on any atom is -0.495 e. The molecule has 0 aliphatic rings. The van der Waals surface area contributed by atoms with Crippen LogP contribution in [0.5, 0.6) is 5.75 Å². The predicted molar refractivity (Wildman–Crippen MR) is 124 cm³/mol. The van der Waals surface area contributed by atoms with Crippen molar-refractivity contribution in [2.75, 3.05) is 17.7 Å². The van der Waals surface area contributed by atoms with Gasteiger partial charge in [-0.05, 0) is 60.7 Å². The minimum atomic E-state index is -0.408. The molecule has 3 aromatic carbocycles. The summed E-state index contributed by atoms with van der Waals surface area (Å²) >= 11 is 6.19. The van der Waals surface area contributed by atoms with E-state index >= 15 is 0 Å². The normalized spacial score (nSPS) is 10.4. The number of halogens is 1.